The number of benzene rings is 2. The van der Waals surface area contributed by atoms with E-state index in [2.05, 4.69) is 13.8 Å². The van der Waals surface area contributed by atoms with Crippen molar-refractivity contribution >= 4 is 18.4 Å². The lowest BCUT2D eigenvalue weighted by Crippen LogP contribution is -2.22. The number of nitrogens with zero attached hydrogens (tertiary/aromatic N) is 1. The van der Waals surface area contributed by atoms with E-state index in [0.29, 0.717) is 16.8 Å². The molecule has 2 atom stereocenters. The lowest BCUT2D eigenvalue weighted by atomic mass is 9.98. The van der Waals surface area contributed by atoms with Crippen molar-refractivity contribution < 1.29 is 14.2 Å². The monoisotopic (exact) mass is 415 g/mol. The SMILES string of the molecule is CC(C)c1ccc([C@@H](O)[P@@](=O)(OC2CCCCC2)c2ccc(N(C)C)cc2)cc1. The summed E-state index contributed by atoms with van der Waals surface area (Å²) in [6, 6.07) is 15.3. The molecule has 158 valence electrons. The Morgan fingerprint density at radius 3 is 2.00 bits per heavy atom. The van der Waals surface area contributed by atoms with Crippen molar-refractivity contribution in [3.63, 3.8) is 0 Å². The summed E-state index contributed by atoms with van der Waals surface area (Å²) in [4.78, 5) is 2.00. The Bertz CT molecular complexity index is 824. The van der Waals surface area contributed by atoms with Gasteiger partial charge in [-0.15, -0.1) is 0 Å². The highest BCUT2D eigenvalue weighted by molar-refractivity contribution is 7.67. The fraction of sp³-hybridized carbons (Fsp3) is 0.500. The van der Waals surface area contributed by atoms with Gasteiger partial charge in [-0.25, -0.2) is 0 Å². The van der Waals surface area contributed by atoms with Gasteiger partial charge in [-0.3, -0.25) is 4.57 Å². The van der Waals surface area contributed by atoms with Crippen LogP contribution in [-0.4, -0.2) is 25.3 Å². The molecule has 1 aliphatic rings. The summed E-state index contributed by atoms with van der Waals surface area (Å²) in [5.41, 5.74) is 2.86. The second kappa shape index (κ2) is 9.47. The average Bonchev–Trinajstić information content (AvgIpc) is 2.74. The molecule has 0 radical (unpaired) electrons. The molecule has 0 amide bonds. The standard InChI is InChI=1S/C24H34NO3P/c1-18(2)19-10-12-20(13-11-19)24(26)29(27,28-22-8-6-5-7-9-22)23-16-14-21(15-17-23)25(3)4/h10-18,22,24,26H,5-9H2,1-4H3/t24-,29-/m0/s1. The number of rotatable bonds is 7. The number of hydrogen-bond donors (Lipinski definition) is 1. The summed E-state index contributed by atoms with van der Waals surface area (Å²) in [7, 11) is 0.436. The van der Waals surface area contributed by atoms with E-state index in [-0.39, 0.29) is 6.10 Å². The van der Waals surface area contributed by atoms with E-state index in [9.17, 15) is 9.67 Å². The second-order valence-corrected chi connectivity index (χ2v) is 11.0. The van der Waals surface area contributed by atoms with Crippen molar-refractivity contribution in [1.29, 1.82) is 0 Å². The van der Waals surface area contributed by atoms with Crippen LogP contribution in [-0.2, 0) is 9.09 Å². The predicted octanol–water partition coefficient (Wildman–Crippen LogP) is 5.82. The van der Waals surface area contributed by atoms with Gasteiger partial charge in [0.05, 0.1) is 6.10 Å². The van der Waals surface area contributed by atoms with E-state index < -0.39 is 13.2 Å². The normalized spacial score (nSPS) is 18.4. The van der Waals surface area contributed by atoms with Gasteiger partial charge in [-0.1, -0.05) is 57.4 Å². The van der Waals surface area contributed by atoms with Gasteiger partial charge in [0.25, 0.3) is 7.37 Å². The maximum absolute atomic E-state index is 14.2. The third kappa shape index (κ3) is 5.12. The first-order chi connectivity index (χ1) is 13.8. The van der Waals surface area contributed by atoms with Gasteiger partial charge in [0, 0.05) is 25.1 Å². The van der Waals surface area contributed by atoms with Crippen LogP contribution < -0.4 is 10.2 Å². The molecule has 4 nitrogen and oxygen atoms in total. The quantitative estimate of drug-likeness (QED) is 0.579. The zero-order valence-electron chi connectivity index (χ0n) is 18.0. The summed E-state index contributed by atoms with van der Waals surface area (Å²) in [6.45, 7) is 4.27. The van der Waals surface area contributed by atoms with Gasteiger partial charge in [0.2, 0.25) is 0 Å². The fourth-order valence-electron chi connectivity index (χ4n) is 3.86. The van der Waals surface area contributed by atoms with E-state index in [1.807, 2.05) is 67.5 Å². The van der Waals surface area contributed by atoms with Crippen molar-refractivity contribution in [3.8, 4) is 0 Å². The smallest absolute Gasteiger partial charge is 0.264 e. The average molecular weight is 416 g/mol. The lowest BCUT2D eigenvalue weighted by Gasteiger charge is -2.31. The van der Waals surface area contributed by atoms with Gasteiger partial charge in [0.15, 0.2) is 5.85 Å². The Morgan fingerprint density at radius 1 is 0.931 bits per heavy atom. The molecule has 2 aromatic rings. The number of hydrogen-bond acceptors (Lipinski definition) is 4. The van der Waals surface area contributed by atoms with Gasteiger partial charge >= 0.3 is 0 Å². The molecule has 1 saturated carbocycles. The Hall–Kier alpha value is -1.61. The summed E-state index contributed by atoms with van der Waals surface area (Å²) < 4.78 is 20.4. The van der Waals surface area contributed by atoms with Crippen LogP contribution in [0.5, 0.6) is 0 Å². The number of anilines is 1. The van der Waals surface area contributed by atoms with Crippen molar-refractivity contribution in [2.24, 2.45) is 0 Å². The highest BCUT2D eigenvalue weighted by Crippen LogP contribution is 2.59. The minimum absolute atomic E-state index is 0.0623. The Kier molecular flexibility index (Phi) is 7.21. The molecule has 0 saturated heterocycles. The molecule has 2 aromatic carbocycles. The molecule has 5 heteroatoms. The van der Waals surface area contributed by atoms with Gasteiger partial charge in [-0.05, 0) is 54.2 Å². The molecule has 1 fully saturated rings. The van der Waals surface area contributed by atoms with Crippen LogP contribution in [0.2, 0.25) is 0 Å². The maximum Gasteiger partial charge on any atom is 0.264 e. The van der Waals surface area contributed by atoms with Crippen LogP contribution in [0.4, 0.5) is 5.69 Å². The Morgan fingerprint density at radius 2 is 1.48 bits per heavy atom. The minimum Gasteiger partial charge on any atom is -0.378 e. The van der Waals surface area contributed by atoms with Gasteiger partial charge in [0.1, 0.15) is 0 Å². The molecule has 1 N–H and O–H groups in total. The summed E-state index contributed by atoms with van der Waals surface area (Å²) in [6.07, 6.45) is 5.11. The Labute approximate surface area is 175 Å². The highest BCUT2D eigenvalue weighted by Gasteiger charge is 2.39. The van der Waals surface area contributed by atoms with Crippen LogP contribution in [0, 0.1) is 0 Å². The summed E-state index contributed by atoms with van der Waals surface area (Å²) in [5, 5.41) is 11.8. The maximum atomic E-state index is 14.2. The van der Waals surface area contributed by atoms with Crippen molar-refractivity contribution in [1.82, 2.24) is 0 Å². The van der Waals surface area contributed by atoms with Crippen LogP contribution >= 0.6 is 7.37 Å². The number of aliphatic hydroxyl groups excluding tert-OH is 1. The largest absolute Gasteiger partial charge is 0.378 e. The molecule has 0 aromatic heterocycles. The topological polar surface area (TPSA) is 49.8 Å². The molecule has 0 spiro atoms. The zero-order valence-corrected chi connectivity index (χ0v) is 18.9. The minimum atomic E-state index is -3.51. The van der Waals surface area contributed by atoms with Crippen molar-refractivity contribution in [3.05, 3.63) is 59.7 Å². The van der Waals surface area contributed by atoms with E-state index in [1.165, 1.54) is 12.0 Å². The highest BCUT2D eigenvalue weighted by atomic mass is 31.2. The Balaban J connectivity index is 1.95. The van der Waals surface area contributed by atoms with Gasteiger partial charge < -0.3 is 14.5 Å². The molecule has 0 bridgehead atoms. The first-order valence-corrected chi connectivity index (χ1v) is 12.3. The van der Waals surface area contributed by atoms with E-state index in [1.54, 1.807) is 0 Å². The van der Waals surface area contributed by atoms with Gasteiger partial charge in [-0.2, -0.15) is 0 Å². The third-order valence-electron chi connectivity index (χ3n) is 5.81. The van der Waals surface area contributed by atoms with Crippen molar-refractivity contribution in [2.45, 2.75) is 63.8 Å². The van der Waals surface area contributed by atoms with Crippen LogP contribution in [0.15, 0.2) is 48.5 Å². The summed E-state index contributed by atoms with van der Waals surface area (Å²) >= 11 is 0. The molecule has 0 aliphatic heterocycles. The lowest BCUT2D eigenvalue weighted by molar-refractivity contribution is 0.137. The number of aliphatic hydroxyl groups is 1. The van der Waals surface area contributed by atoms with Crippen molar-refractivity contribution in [2.75, 3.05) is 19.0 Å². The first kappa shape index (κ1) is 22.1. The summed E-state index contributed by atoms with van der Waals surface area (Å²) in [5.74, 6) is -0.763. The van der Waals surface area contributed by atoms with Crippen LogP contribution in [0.1, 0.15) is 68.8 Å². The van der Waals surface area contributed by atoms with E-state index in [0.717, 1.165) is 31.4 Å². The predicted molar refractivity (Wildman–Crippen MR) is 121 cm³/mol. The van der Waals surface area contributed by atoms with Crippen LogP contribution in [0.3, 0.4) is 0 Å². The fourth-order valence-corrected chi connectivity index (χ4v) is 6.16. The van der Waals surface area contributed by atoms with E-state index in [4.69, 9.17) is 4.52 Å². The van der Waals surface area contributed by atoms with Crippen LogP contribution in [0.25, 0.3) is 0 Å². The van der Waals surface area contributed by atoms with E-state index >= 15 is 0 Å². The molecular formula is C24H34NO3P. The molecule has 0 unspecified atom stereocenters. The molecular weight excluding hydrogens is 381 g/mol. The molecule has 3 rings (SSSR count). The second-order valence-electron chi connectivity index (χ2n) is 8.57. The molecule has 29 heavy (non-hydrogen) atoms. The molecule has 1 aliphatic carbocycles. The third-order valence-corrected chi connectivity index (χ3v) is 8.38. The first-order valence-electron chi connectivity index (χ1n) is 10.7. The zero-order chi connectivity index (χ0) is 21.0. The molecule has 0 heterocycles.